The smallest absolute Gasteiger partial charge is 0.189 e. The van der Waals surface area contributed by atoms with Gasteiger partial charge >= 0.3 is 0 Å². The summed E-state index contributed by atoms with van der Waals surface area (Å²) in [6.07, 6.45) is 6.38. The molecule has 1 saturated heterocycles. The third kappa shape index (κ3) is 4.86. The molecule has 0 radical (unpaired) electrons. The minimum absolute atomic E-state index is 0.510. The molecule has 0 aromatic heterocycles. The van der Waals surface area contributed by atoms with Crippen LogP contribution in [0.15, 0.2) is 29.3 Å². The van der Waals surface area contributed by atoms with Crippen molar-refractivity contribution < 1.29 is 4.74 Å². The molecule has 2 fully saturated rings. The van der Waals surface area contributed by atoms with E-state index in [1.165, 1.54) is 43.4 Å². The first-order valence-electron chi connectivity index (χ1n) is 8.79. The van der Waals surface area contributed by atoms with Gasteiger partial charge in [-0.15, -0.1) is 0 Å². The Hall–Kier alpha value is -1.75. The fourth-order valence-electron chi connectivity index (χ4n) is 3.31. The van der Waals surface area contributed by atoms with E-state index in [9.17, 15) is 0 Å². The van der Waals surface area contributed by atoms with Crippen LogP contribution >= 0.6 is 0 Å². The molecular weight excluding hydrogens is 288 g/mol. The van der Waals surface area contributed by atoms with E-state index in [1.54, 1.807) is 0 Å². The van der Waals surface area contributed by atoms with Crippen LogP contribution in [-0.4, -0.2) is 38.3 Å². The minimum Gasteiger partial charge on any atom is -0.378 e. The molecule has 0 spiro atoms. The van der Waals surface area contributed by atoms with Crippen molar-refractivity contribution in [2.45, 2.75) is 44.7 Å². The molecule has 1 aromatic rings. The van der Waals surface area contributed by atoms with Crippen molar-refractivity contribution in [1.29, 1.82) is 0 Å². The third-order valence-corrected chi connectivity index (χ3v) is 4.70. The van der Waals surface area contributed by atoms with Crippen LogP contribution in [0.1, 0.15) is 37.7 Å². The van der Waals surface area contributed by atoms with Crippen LogP contribution in [0.5, 0.6) is 0 Å². The zero-order chi connectivity index (χ0) is 15.9. The first-order chi connectivity index (χ1) is 11.3. The van der Waals surface area contributed by atoms with E-state index < -0.39 is 0 Å². The molecule has 0 unspecified atom stereocenters. The Morgan fingerprint density at radius 2 is 1.83 bits per heavy atom. The molecule has 1 heterocycles. The van der Waals surface area contributed by atoms with Gasteiger partial charge in [-0.25, -0.2) is 4.99 Å². The predicted octanol–water partition coefficient (Wildman–Crippen LogP) is 2.26. The summed E-state index contributed by atoms with van der Waals surface area (Å²) in [4.78, 5) is 6.84. The summed E-state index contributed by atoms with van der Waals surface area (Å²) in [7, 11) is 0. The van der Waals surface area contributed by atoms with Crippen LogP contribution in [0.4, 0.5) is 5.69 Å². The summed E-state index contributed by atoms with van der Waals surface area (Å²) < 4.78 is 5.39. The number of rotatable bonds is 4. The second kappa shape index (κ2) is 8.20. The number of aliphatic imine (C=N–C) groups is 1. The lowest BCUT2D eigenvalue weighted by Crippen LogP contribution is -2.41. The number of nitrogens with one attached hydrogen (secondary N) is 1. The second-order valence-electron chi connectivity index (χ2n) is 6.45. The van der Waals surface area contributed by atoms with Crippen LogP contribution in [0.2, 0.25) is 0 Å². The number of nitrogens with zero attached hydrogens (tertiary/aromatic N) is 2. The van der Waals surface area contributed by atoms with Gasteiger partial charge in [-0.3, -0.25) is 0 Å². The maximum atomic E-state index is 6.02. The van der Waals surface area contributed by atoms with E-state index in [0.717, 1.165) is 26.3 Å². The Morgan fingerprint density at radius 1 is 1.13 bits per heavy atom. The monoisotopic (exact) mass is 316 g/mol. The maximum Gasteiger partial charge on any atom is 0.189 e. The Bertz CT molecular complexity index is 502. The van der Waals surface area contributed by atoms with Crippen molar-refractivity contribution in [2.24, 2.45) is 10.7 Å². The Balaban J connectivity index is 1.50. The lowest BCUT2D eigenvalue weighted by Gasteiger charge is -2.28. The van der Waals surface area contributed by atoms with Gasteiger partial charge in [-0.1, -0.05) is 31.4 Å². The van der Waals surface area contributed by atoms with E-state index in [0.29, 0.717) is 18.5 Å². The number of nitrogens with two attached hydrogens (primary N) is 1. The normalized spacial score (nSPS) is 20.5. The van der Waals surface area contributed by atoms with Gasteiger partial charge < -0.3 is 20.7 Å². The summed E-state index contributed by atoms with van der Waals surface area (Å²) in [6, 6.07) is 9.13. The molecule has 1 aliphatic carbocycles. The lowest BCUT2D eigenvalue weighted by molar-refractivity contribution is 0.122. The second-order valence-corrected chi connectivity index (χ2v) is 6.45. The number of benzene rings is 1. The van der Waals surface area contributed by atoms with Gasteiger partial charge in [0, 0.05) is 24.8 Å². The fraction of sp³-hybridized carbons (Fsp3) is 0.611. The number of hydrogen-bond donors (Lipinski definition) is 2. The van der Waals surface area contributed by atoms with Crippen molar-refractivity contribution in [2.75, 3.05) is 31.2 Å². The van der Waals surface area contributed by atoms with Crippen LogP contribution < -0.4 is 16.0 Å². The van der Waals surface area contributed by atoms with Gasteiger partial charge in [0.25, 0.3) is 0 Å². The lowest BCUT2D eigenvalue weighted by atomic mass is 9.96. The van der Waals surface area contributed by atoms with Gasteiger partial charge in [0.05, 0.1) is 19.8 Å². The van der Waals surface area contributed by atoms with E-state index in [2.05, 4.69) is 39.5 Å². The summed E-state index contributed by atoms with van der Waals surface area (Å²) in [6.45, 7) is 4.20. The largest absolute Gasteiger partial charge is 0.378 e. The molecule has 5 heteroatoms. The minimum atomic E-state index is 0.510. The van der Waals surface area contributed by atoms with Crippen molar-refractivity contribution in [1.82, 2.24) is 5.32 Å². The molecule has 5 nitrogen and oxygen atoms in total. The van der Waals surface area contributed by atoms with E-state index in [1.807, 2.05) is 0 Å². The number of anilines is 1. The van der Waals surface area contributed by atoms with Gasteiger partial charge in [0.2, 0.25) is 0 Å². The number of guanidine groups is 1. The molecule has 126 valence electrons. The topological polar surface area (TPSA) is 62.9 Å². The van der Waals surface area contributed by atoms with Crippen molar-refractivity contribution in [3.05, 3.63) is 29.8 Å². The van der Waals surface area contributed by atoms with Gasteiger partial charge in [-0.2, -0.15) is 0 Å². The summed E-state index contributed by atoms with van der Waals surface area (Å²) in [5.41, 5.74) is 8.46. The quantitative estimate of drug-likeness (QED) is 0.661. The highest BCUT2D eigenvalue weighted by atomic mass is 16.5. The molecule has 0 amide bonds. The average Bonchev–Trinajstić information content (AvgIpc) is 2.62. The fourth-order valence-corrected chi connectivity index (χ4v) is 3.31. The van der Waals surface area contributed by atoms with Gasteiger partial charge in [0.15, 0.2) is 5.96 Å². The summed E-state index contributed by atoms with van der Waals surface area (Å²) in [5, 5.41) is 3.36. The standard InChI is InChI=1S/C18H28N4O/c19-18(21-16-4-2-1-3-5-16)20-14-15-6-8-17(9-7-15)22-10-12-23-13-11-22/h6-9,16H,1-5,10-14H2,(H3,19,20,21). The molecule has 1 aromatic carbocycles. The van der Waals surface area contributed by atoms with E-state index in [-0.39, 0.29) is 0 Å². The Morgan fingerprint density at radius 3 is 2.52 bits per heavy atom. The zero-order valence-corrected chi connectivity index (χ0v) is 13.8. The average molecular weight is 316 g/mol. The molecule has 0 atom stereocenters. The van der Waals surface area contributed by atoms with E-state index >= 15 is 0 Å². The van der Waals surface area contributed by atoms with Crippen LogP contribution in [0.3, 0.4) is 0 Å². The highest BCUT2D eigenvalue weighted by molar-refractivity contribution is 5.78. The summed E-state index contributed by atoms with van der Waals surface area (Å²) >= 11 is 0. The third-order valence-electron chi connectivity index (χ3n) is 4.70. The Kier molecular flexibility index (Phi) is 5.75. The molecular formula is C18H28N4O. The van der Waals surface area contributed by atoms with Crippen molar-refractivity contribution in [3.8, 4) is 0 Å². The summed E-state index contributed by atoms with van der Waals surface area (Å²) in [5.74, 6) is 0.578. The number of morpholine rings is 1. The predicted molar refractivity (Wildman–Crippen MR) is 94.8 cm³/mol. The first kappa shape index (κ1) is 16.1. The first-order valence-corrected chi connectivity index (χ1v) is 8.79. The van der Waals surface area contributed by atoms with Crippen molar-refractivity contribution >= 4 is 11.6 Å². The SMILES string of the molecule is NC(=NCc1ccc(N2CCOCC2)cc1)NC1CCCCC1. The Labute approximate surface area is 138 Å². The van der Waals surface area contributed by atoms with E-state index in [4.69, 9.17) is 10.5 Å². The van der Waals surface area contributed by atoms with Crippen molar-refractivity contribution in [3.63, 3.8) is 0 Å². The maximum absolute atomic E-state index is 6.02. The molecule has 23 heavy (non-hydrogen) atoms. The molecule has 1 aliphatic heterocycles. The van der Waals surface area contributed by atoms with Crippen LogP contribution in [0, 0.1) is 0 Å². The molecule has 3 N–H and O–H groups in total. The van der Waals surface area contributed by atoms with Gasteiger partial charge in [-0.05, 0) is 30.5 Å². The molecule has 3 rings (SSSR count). The molecule has 2 aliphatic rings. The zero-order valence-electron chi connectivity index (χ0n) is 13.8. The number of ether oxygens (including phenoxy) is 1. The van der Waals surface area contributed by atoms with Crippen LogP contribution in [0.25, 0.3) is 0 Å². The highest BCUT2D eigenvalue weighted by Gasteiger charge is 2.13. The molecule has 1 saturated carbocycles. The number of hydrogen-bond acceptors (Lipinski definition) is 3. The molecule has 0 bridgehead atoms. The van der Waals surface area contributed by atoms with Crippen LogP contribution in [-0.2, 0) is 11.3 Å². The van der Waals surface area contributed by atoms with Gasteiger partial charge in [0.1, 0.15) is 0 Å². The highest BCUT2D eigenvalue weighted by Crippen LogP contribution is 2.18.